The molecule has 0 unspecified atom stereocenters. The fourth-order valence-corrected chi connectivity index (χ4v) is 8.37. The van der Waals surface area contributed by atoms with Crippen LogP contribution in [0.5, 0.6) is 0 Å². The van der Waals surface area contributed by atoms with Crippen LogP contribution in [0.25, 0.3) is 33.4 Å². The molecule has 53 heavy (non-hydrogen) atoms. The SMILES string of the molecule is N[C@H](Cc1cccc(Nc2c(-c3ccc(-c4ccccc4)cc3)ccc3c2C(c2ccccc2)(c2ccccc2)c2ccccc2-3)c1)c1ccccc1. The van der Waals surface area contributed by atoms with Gasteiger partial charge >= 0.3 is 0 Å². The van der Waals surface area contributed by atoms with Crippen LogP contribution < -0.4 is 11.1 Å². The Morgan fingerprint density at radius 1 is 0.453 bits per heavy atom. The van der Waals surface area contributed by atoms with Crippen LogP contribution in [0.2, 0.25) is 0 Å². The molecule has 2 heteroatoms. The molecule has 0 radical (unpaired) electrons. The quantitative estimate of drug-likeness (QED) is 0.159. The van der Waals surface area contributed by atoms with Gasteiger partial charge in [-0.1, -0.05) is 194 Å². The predicted molar refractivity (Wildman–Crippen MR) is 221 cm³/mol. The Bertz CT molecular complexity index is 2450. The van der Waals surface area contributed by atoms with Crippen molar-refractivity contribution >= 4 is 11.4 Å². The molecule has 1 aliphatic rings. The lowest BCUT2D eigenvalue weighted by atomic mass is 9.67. The highest BCUT2D eigenvalue weighted by atomic mass is 14.9. The molecule has 0 saturated carbocycles. The van der Waals surface area contributed by atoms with Crippen LogP contribution in [0.4, 0.5) is 11.4 Å². The monoisotopic (exact) mass is 680 g/mol. The van der Waals surface area contributed by atoms with Crippen molar-refractivity contribution in [1.82, 2.24) is 0 Å². The van der Waals surface area contributed by atoms with E-state index in [1.54, 1.807) is 0 Å². The summed E-state index contributed by atoms with van der Waals surface area (Å²) >= 11 is 0. The minimum absolute atomic E-state index is 0.0931. The average Bonchev–Trinajstić information content (AvgIpc) is 3.54. The molecule has 0 aromatic heterocycles. The molecule has 0 aliphatic heterocycles. The summed E-state index contributed by atoms with van der Waals surface area (Å²) in [7, 11) is 0. The topological polar surface area (TPSA) is 38.0 Å². The summed E-state index contributed by atoms with van der Waals surface area (Å²) in [5.74, 6) is 0. The highest BCUT2D eigenvalue weighted by Crippen LogP contribution is 2.60. The van der Waals surface area contributed by atoms with Crippen LogP contribution in [0, 0.1) is 0 Å². The highest BCUT2D eigenvalue weighted by Gasteiger charge is 2.48. The van der Waals surface area contributed by atoms with Crippen molar-refractivity contribution in [2.75, 3.05) is 5.32 Å². The lowest BCUT2D eigenvalue weighted by Gasteiger charge is -2.36. The molecule has 0 saturated heterocycles. The Kier molecular flexibility index (Phi) is 8.51. The smallest absolute Gasteiger partial charge is 0.0734 e. The summed E-state index contributed by atoms with van der Waals surface area (Å²) < 4.78 is 0. The Labute approximate surface area is 312 Å². The van der Waals surface area contributed by atoms with Gasteiger partial charge in [0.15, 0.2) is 0 Å². The van der Waals surface area contributed by atoms with E-state index in [0.717, 1.165) is 34.5 Å². The van der Waals surface area contributed by atoms with Gasteiger partial charge in [-0.05, 0) is 74.2 Å². The van der Waals surface area contributed by atoms with Gasteiger partial charge in [-0.3, -0.25) is 0 Å². The first-order chi connectivity index (χ1) is 26.2. The molecule has 0 spiro atoms. The van der Waals surface area contributed by atoms with E-state index in [2.05, 4.69) is 206 Å². The Morgan fingerprint density at radius 2 is 1.00 bits per heavy atom. The first-order valence-corrected chi connectivity index (χ1v) is 18.4. The minimum atomic E-state index is -0.565. The Morgan fingerprint density at radius 3 is 1.68 bits per heavy atom. The number of nitrogens with one attached hydrogen (secondary N) is 1. The van der Waals surface area contributed by atoms with E-state index in [-0.39, 0.29) is 6.04 Å². The molecule has 9 rings (SSSR count). The zero-order valence-corrected chi connectivity index (χ0v) is 29.5. The lowest BCUT2D eigenvalue weighted by Crippen LogP contribution is -2.29. The number of anilines is 2. The molecule has 2 nitrogen and oxygen atoms in total. The summed E-state index contributed by atoms with van der Waals surface area (Å²) in [6.45, 7) is 0. The fraction of sp³-hybridized carbons (Fsp3) is 0.0588. The van der Waals surface area contributed by atoms with E-state index in [1.165, 1.54) is 50.1 Å². The third kappa shape index (κ3) is 5.84. The molecule has 0 fully saturated rings. The maximum atomic E-state index is 6.75. The van der Waals surface area contributed by atoms with E-state index in [4.69, 9.17) is 5.73 Å². The van der Waals surface area contributed by atoms with E-state index in [1.807, 2.05) is 6.07 Å². The molecule has 254 valence electrons. The maximum absolute atomic E-state index is 6.75. The van der Waals surface area contributed by atoms with Gasteiger partial charge in [-0.2, -0.15) is 0 Å². The van der Waals surface area contributed by atoms with E-state index in [9.17, 15) is 0 Å². The molecule has 0 amide bonds. The number of fused-ring (bicyclic) bond motifs is 3. The van der Waals surface area contributed by atoms with Crippen LogP contribution in [-0.2, 0) is 11.8 Å². The first kappa shape index (κ1) is 32.4. The molecule has 8 aromatic carbocycles. The summed E-state index contributed by atoms with van der Waals surface area (Å²) in [4.78, 5) is 0. The van der Waals surface area contributed by atoms with E-state index < -0.39 is 5.41 Å². The van der Waals surface area contributed by atoms with Gasteiger partial charge in [0.05, 0.1) is 11.1 Å². The third-order valence-electron chi connectivity index (χ3n) is 10.8. The minimum Gasteiger partial charge on any atom is -0.355 e. The predicted octanol–water partition coefficient (Wildman–Crippen LogP) is 12.4. The van der Waals surface area contributed by atoms with Crippen molar-refractivity contribution in [2.45, 2.75) is 17.9 Å². The van der Waals surface area contributed by atoms with Crippen LogP contribution in [0.15, 0.2) is 206 Å². The summed E-state index contributed by atoms with van der Waals surface area (Å²) in [6, 6.07) is 74.3. The molecule has 3 N–H and O–H groups in total. The Hall–Kier alpha value is -6.48. The van der Waals surface area contributed by atoms with Gasteiger partial charge in [-0.25, -0.2) is 0 Å². The molecule has 1 atom stereocenters. The molecule has 0 bridgehead atoms. The maximum Gasteiger partial charge on any atom is 0.0734 e. The number of benzene rings is 8. The summed E-state index contributed by atoms with van der Waals surface area (Å²) in [5, 5.41) is 4.06. The van der Waals surface area contributed by atoms with Gasteiger partial charge in [0.1, 0.15) is 0 Å². The van der Waals surface area contributed by atoms with Crippen molar-refractivity contribution < 1.29 is 0 Å². The molecule has 0 heterocycles. The Balaban J connectivity index is 1.27. The fourth-order valence-electron chi connectivity index (χ4n) is 8.37. The zero-order valence-electron chi connectivity index (χ0n) is 29.5. The van der Waals surface area contributed by atoms with E-state index >= 15 is 0 Å². The molecule has 8 aromatic rings. The van der Waals surface area contributed by atoms with Crippen LogP contribution in [-0.4, -0.2) is 0 Å². The standard InChI is InChI=1S/C51H40N2/c52-48(40-19-7-2-8-20-40)35-36-16-15-25-43(34-36)53-50-44(39-30-28-38(29-31-39)37-17-5-1-6-18-37)32-33-46-45-26-13-14-27-47(45)51(49(46)50,41-21-9-3-10-22-41)42-23-11-4-12-24-42/h1-34,48,53H,35,52H2/t48-/m1/s1. The van der Waals surface area contributed by atoms with E-state index in [0.29, 0.717) is 0 Å². The van der Waals surface area contributed by atoms with Gasteiger partial charge in [0.2, 0.25) is 0 Å². The number of hydrogen-bond acceptors (Lipinski definition) is 2. The first-order valence-electron chi connectivity index (χ1n) is 18.4. The summed E-state index contributed by atoms with van der Waals surface area (Å²) in [5.41, 5.74) is 22.9. The van der Waals surface area contributed by atoms with Crippen LogP contribution >= 0.6 is 0 Å². The van der Waals surface area contributed by atoms with Gasteiger partial charge in [0.25, 0.3) is 0 Å². The number of rotatable bonds is 9. The second kappa shape index (κ2) is 13.9. The van der Waals surface area contributed by atoms with Crippen LogP contribution in [0.3, 0.4) is 0 Å². The molecular formula is C51H40N2. The van der Waals surface area contributed by atoms with Crippen molar-refractivity contribution in [2.24, 2.45) is 5.73 Å². The third-order valence-corrected chi connectivity index (χ3v) is 10.8. The van der Waals surface area contributed by atoms with Gasteiger partial charge in [-0.15, -0.1) is 0 Å². The van der Waals surface area contributed by atoms with Gasteiger partial charge in [0, 0.05) is 22.9 Å². The average molecular weight is 681 g/mol. The van der Waals surface area contributed by atoms with Gasteiger partial charge < -0.3 is 11.1 Å². The number of nitrogens with two attached hydrogens (primary N) is 1. The molecular weight excluding hydrogens is 641 g/mol. The summed E-state index contributed by atoms with van der Waals surface area (Å²) in [6.07, 6.45) is 0.740. The van der Waals surface area contributed by atoms with Crippen molar-refractivity contribution in [3.8, 4) is 33.4 Å². The van der Waals surface area contributed by atoms with Crippen molar-refractivity contribution in [1.29, 1.82) is 0 Å². The van der Waals surface area contributed by atoms with Crippen molar-refractivity contribution in [3.63, 3.8) is 0 Å². The lowest BCUT2D eigenvalue weighted by molar-refractivity contribution is 0.722. The largest absolute Gasteiger partial charge is 0.355 e. The normalized spacial score (nSPS) is 13.2. The second-order valence-electron chi connectivity index (χ2n) is 13.9. The number of hydrogen-bond donors (Lipinski definition) is 2. The van der Waals surface area contributed by atoms with Crippen LogP contribution in [0.1, 0.15) is 39.4 Å². The van der Waals surface area contributed by atoms with Crippen molar-refractivity contribution in [3.05, 3.63) is 240 Å². The highest BCUT2D eigenvalue weighted by molar-refractivity contribution is 5.97. The second-order valence-corrected chi connectivity index (χ2v) is 13.9. The zero-order chi connectivity index (χ0) is 35.6. The molecule has 1 aliphatic carbocycles.